The first-order valence-electron chi connectivity index (χ1n) is 12.2. The third kappa shape index (κ3) is 4.33. The molecule has 6 nitrogen and oxygen atoms in total. The maximum atomic E-state index is 11.1. The Kier molecular flexibility index (Phi) is 5.48. The van der Waals surface area contributed by atoms with Gasteiger partial charge in [-0.05, 0) is 54.4 Å². The highest BCUT2D eigenvalue weighted by Crippen LogP contribution is 2.43. The van der Waals surface area contributed by atoms with Gasteiger partial charge >= 0.3 is 0 Å². The smallest absolute Gasteiger partial charge is 0.135 e. The number of piperidine rings is 1. The van der Waals surface area contributed by atoms with Crippen LogP contribution in [-0.4, -0.2) is 51.8 Å². The summed E-state index contributed by atoms with van der Waals surface area (Å²) in [6.45, 7) is 3.42. The van der Waals surface area contributed by atoms with Gasteiger partial charge in [0.25, 0.3) is 0 Å². The summed E-state index contributed by atoms with van der Waals surface area (Å²) in [6, 6.07) is 19.4. The molecule has 0 amide bonds. The lowest BCUT2D eigenvalue weighted by atomic mass is 9.94. The second-order valence-corrected chi connectivity index (χ2v) is 9.61. The van der Waals surface area contributed by atoms with Crippen LogP contribution < -0.4 is 10.2 Å². The minimum Gasteiger partial charge on any atom is -0.390 e. The second kappa shape index (κ2) is 8.76. The summed E-state index contributed by atoms with van der Waals surface area (Å²) < 4.78 is 0. The summed E-state index contributed by atoms with van der Waals surface area (Å²) in [5.41, 5.74) is 5.35. The Labute approximate surface area is 195 Å². The fraction of sp³-hybridized carbons (Fsp3) is 0.407. The minimum atomic E-state index is -0.397. The van der Waals surface area contributed by atoms with Gasteiger partial charge in [-0.2, -0.15) is 0 Å². The van der Waals surface area contributed by atoms with E-state index in [9.17, 15) is 5.11 Å². The fourth-order valence-corrected chi connectivity index (χ4v) is 5.44. The summed E-state index contributed by atoms with van der Waals surface area (Å²) in [4.78, 5) is 13.6. The number of aliphatic hydroxyl groups excluding tert-OH is 1. The summed E-state index contributed by atoms with van der Waals surface area (Å²) in [5, 5.41) is 14.6. The molecule has 33 heavy (non-hydrogen) atoms. The SMILES string of the molecule is O[C@H]1CN(c2cc(Nc3ccccc3C3CC3)ncn2)CCC1N1CCc2ccccc2C1. The van der Waals surface area contributed by atoms with E-state index >= 15 is 0 Å². The molecule has 3 aromatic rings. The molecule has 3 aliphatic rings. The Bertz CT molecular complexity index is 1130. The van der Waals surface area contributed by atoms with E-state index in [1.165, 1.54) is 29.5 Å². The summed E-state index contributed by atoms with van der Waals surface area (Å²) in [5.74, 6) is 2.35. The molecular formula is C27H31N5O. The summed E-state index contributed by atoms with van der Waals surface area (Å²) in [7, 11) is 0. The van der Waals surface area contributed by atoms with Gasteiger partial charge in [0.2, 0.25) is 0 Å². The Morgan fingerprint density at radius 2 is 1.73 bits per heavy atom. The van der Waals surface area contributed by atoms with Crippen molar-refractivity contribution < 1.29 is 5.11 Å². The molecule has 1 aliphatic carbocycles. The highest BCUT2D eigenvalue weighted by atomic mass is 16.3. The molecule has 2 aliphatic heterocycles. The molecular weight excluding hydrogens is 410 g/mol. The Balaban J connectivity index is 1.13. The zero-order valence-corrected chi connectivity index (χ0v) is 18.9. The van der Waals surface area contributed by atoms with Crippen LogP contribution in [0, 0.1) is 0 Å². The first kappa shape index (κ1) is 20.6. The molecule has 2 aromatic carbocycles. The zero-order valence-electron chi connectivity index (χ0n) is 18.9. The van der Waals surface area contributed by atoms with Gasteiger partial charge in [-0.15, -0.1) is 0 Å². The van der Waals surface area contributed by atoms with E-state index < -0.39 is 6.10 Å². The van der Waals surface area contributed by atoms with Crippen molar-refractivity contribution in [1.29, 1.82) is 0 Å². The van der Waals surface area contributed by atoms with Crippen LogP contribution in [0.5, 0.6) is 0 Å². The third-order valence-electron chi connectivity index (χ3n) is 7.39. The van der Waals surface area contributed by atoms with Gasteiger partial charge < -0.3 is 15.3 Å². The van der Waals surface area contributed by atoms with Crippen molar-refractivity contribution in [1.82, 2.24) is 14.9 Å². The van der Waals surface area contributed by atoms with Crippen molar-refractivity contribution in [3.8, 4) is 0 Å². The predicted molar refractivity (Wildman–Crippen MR) is 131 cm³/mol. The number of nitrogens with zero attached hydrogens (tertiary/aromatic N) is 4. The van der Waals surface area contributed by atoms with Crippen molar-refractivity contribution >= 4 is 17.3 Å². The van der Waals surface area contributed by atoms with Crippen molar-refractivity contribution in [2.75, 3.05) is 29.9 Å². The van der Waals surface area contributed by atoms with E-state index in [0.717, 1.165) is 49.8 Å². The lowest BCUT2D eigenvalue weighted by Gasteiger charge is -2.43. The Morgan fingerprint density at radius 1 is 0.909 bits per heavy atom. The van der Waals surface area contributed by atoms with E-state index in [-0.39, 0.29) is 6.04 Å². The second-order valence-electron chi connectivity index (χ2n) is 9.61. The summed E-state index contributed by atoms with van der Waals surface area (Å²) >= 11 is 0. The molecule has 2 fully saturated rings. The van der Waals surface area contributed by atoms with Crippen molar-refractivity contribution in [3.63, 3.8) is 0 Å². The van der Waals surface area contributed by atoms with Gasteiger partial charge in [0, 0.05) is 44.0 Å². The highest BCUT2D eigenvalue weighted by molar-refractivity contribution is 5.64. The lowest BCUT2D eigenvalue weighted by Crippen LogP contribution is -2.55. The molecule has 6 rings (SSSR count). The van der Waals surface area contributed by atoms with Gasteiger partial charge in [0.1, 0.15) is 18.0 Å². The average Bonchev–Trinajstić information content (AvgIpc) is 3.70. The molecule has 1 unspecified atom stereocenters. The summed E-state index contributed by atoms with van der Waals surface area (Å²) in [6.07, 6.45) is 5.75. The quantitative estimate of drug-likeness (QED) is 0.622. The number of aromatic nitrogens is 2. The van der Waals surface area contributed by atoms with Crippen LogP contribution in [0.15, 0.2) is 60.9 Å². The standard InChI is InChI=1S/C27H31N5O/c33-25-17-32(14-12-24(25)31-13-11-19-5-1-2-6-21(19)16-31)27-15-26(28-18-29-27)30-23-8-4-3-7-22(23)20-9-10-20/h1-8,15,18,20,24-25,33H,9-14,16-17H2,(H,28,29,30)/t24?,25-/m0/s1. The number of hydrogen-bond donors (Lipinski definition) is 2. The number of nitrogens with one attached hydrogen (secondary N) is 1. The monoisotopic (exact) mass is 441 g/mol. The Morgan fingerprint density at radius 3 is 2.58 bits per heavy atom. The first-order chi connectivity index (χ1) is 16.2. The van der Waals surface area contributed by atoms with Crippen LogP contribution >= 0.6 is 0 Å². The molecule has 6 heteroatoms. The molecule has 1 saturated heterocycles. The van der Waals surface area contributed by atoms with Crippen LogP contribution in [0.3, 0.4) is 0 Å². The molecule has 0 spiro atoms. The van der Waals surface area contributed by atoms with E-state index in [2.05, 4.69) is 73.6 Å². The number of β-amino-alcohol motifs (C(OH)–C–C–N with tert-alkyl or cyclic N) is 1. The van der Waals surface area contributed by atoms with Crippen molar-refractivity contribution in [2.24, 2.45) is 0 Å². The highest BCUT2D eigenvalue weighted by Gasteiger charge is 2.34. The molecule has 3 heterocycles. The molecule has 1 saturated carbocycles. The van der Waals surface area contributed by atoms with Crippen LogP contribution in [-0.2, 0) is 13.0 Å². The number of hydrogen-bond acceptors (Lipinski definition) is 6. The number of fused-ring (bicyclic) bond motifs is 1. The van der Waals surface area contributed by atoms with Crippen LogP contribution in [0.4, 0.5) is 17.3 Å². The van der Waals surface area contributed by atoms with E-state index in [0.29, 0.717) is 12.5 Å². The molecule has 2 N–H and O–H groups in total. The van der Waals surface area contributed by atoms with Gasteiger partial charge in [0.15, 0.2) is 0 Å². The van der Waals surface area contributed by atoms with Gasteiger partial charge in [0.05, 0.1) is 6.10 Å². The Hall–Kier alpha value is -2.96. The molecule has 2 atom stereocenters. The van der Waals surface area contributed by atoms with Crippen LogP contribution in [0.1, 0.15) is 41.9 Å². The van der Waals surface area contributed by atoms with Gasteiger partial charge in [-0.1, -0.05) is 42.5 Å². The third-order valence-corrected chi connectivity index (χ3v) is 7.39. The maximum Gasteiger partial charge on any atom is 0.135 e. The number of benzene rings is 2. The van der Waals surface area contributed by atoms with Crippen molar-refractivity contribution in [2.45, 2.75) is 50.3 Å². The fourth-order valence-electron chi connectivity index (χ4n) is 5.44. The number of rotatable bonds is 5. The predicted octanol–water partition coefficient (Wildman–Crippen LogP) is 4.10. The number of aliphatic hydroxyl groups is 1. The minimum absolute atomic E-state index is 0.194. The van der Waals surface area contributed by atoms with Gasteiger partial charge in [-0.3, -0.25) is 4.90 Å². The lowest BCUT2D eigenvalue weighted by molar-refractivity contribution is 0.0293. The largest absolute Gasteiger partial charge is 0.390 e. The molecule has 170 valence electrons. The van der Waals surface area contributed by atoms with Crippen LogP contribution in [0.25, 0.3) is 0 Å². The van der Waals surface area contributed by atoms with E-state index in [1.807, 2.05) is 6.07 Å². The maximum absolute atomic E-state index is 11.1. The normalized spacial score (nSPS) is 23.2. The number of anilines is 3. The first-order valence-corrected chi connectivity index (χ1v) is 12.2. The number of para-hydroxylation sites is 1. The average molecular weight is 442 g/mol. The molecule has 0 radical (unpaired) electrons. The van der Waals surface area contributed by atoms with Gasteiger partial charge in [-0.25, -0.2) is 9.97 Å². The van der Waals surface area contributed by atoms with Crippen molar-refractivity contribution in [3.05, 3.63) is 77.6 Å². The zero-order chi connectivity index (χ0) is 22.2. The molecule has 1 aromatic heterocycles. The topological polar surface area (TPSA) is 64.5 Å². The molecule has 0 bridgehead atoms. The van der Waals surface area contributed by atoms with Crippen LogP contribution in [0.2, 0.25) is 0 Å². The van der Waals surface area contributed by atoms with E-state index in [1.54, 1.807) is 6.33 Å². The van der Waals surface area contributed by atoms with E-state index in [4.69, 9.17) is 0 Å².